The lowest BCUT2D eigenvalue weighted by atomic mass is 10.1. The van der Waals surface area contributed by atoms with Crippen LogP contribution >= 0.6 is 11.3 Å². The number of hydrogen-bond acceptors (Lipinski definition) is 6. The summed E-state index contributed by atoms with van der Waals surface area (Å²) < 4.78 is 10.9. The first-order valence-electron chi connectivity index (χ1n) is 7.91. The number of benzene rings is 1. The fraction of sp³-hybridized carbons (Fsp3) is 0.278. The number of hydrogen-bond donors (Lipinski definition) is 1. The molecule has 0 fully saturated rings. The molecule has 3 aromatic rings. The van der Waals surface area contributed by atoms with E-state index in [0.29, 0.717) is 17.5 Å². The van der Waals surface area contributed by atoms with Crippen LogP contribution in [0.5, 0.6) is 5.75 Å². The van der Waals surface area contributed by atoms with Crippen molar-refractivity contribution in [1.29, 1.82) is 0 Å². The fourth-order valence-corrected chi connectivity index (χ4v) is 2.87. The number of carbonyl (C=O) groups is 1. The number of carbonyl (C=O) groups excluding carboxylic acids is 1. The molecule has 0 spiro atoms. The summed E-state index contributed by atoms with van der Waals surface area (Å²) in [5, 5.41) is 8.61. The molecule has 0 aliphatic rings. The molecule has 0 unspecified atom stereocenters. The summed E-state index contributed by atoms with van der Waals surface area (Å²) in [4.78, 5) is 17.4. The highest BCUT2D eigenvalue weighted by molar-refractivity contribution is 7.13. The highest BCUT2D eigenvalue weighted by atomic mass is 32.1. The Morgan fingerprint density at radius 3 is 2.96 bits per heavy atom. The van der Waals surface area contributed by atoms with Gasteiger partial charge < -0.3 is 14.6 Å². The Hall–Kier alpha value is -2.67. The first kappa shape index (κ1) is 17.2. The van der Waals surface area contributed by atoms with Crippen LogP contribution < -0.4 is 10.1 Å². The lowest BCUT2D eigenvalue weighted by molar-refractivity contribution is -0.127. The van der Waals surface area contributed by atoms with Gasteiger partial charge in [-0.3, -0.25) is 4.79 Å². The molecule has 0 bridgehead atoms. The first-order valence-corrected chi connectivity index (χ1v) is 8.79. The molecule has 2 aromatic heterocycles. The van der Waals surface area contributed by atoms with Gasteiger partial charge in [0.05, 0.1) is 11.4 Å². The van der Waals surface area contributed by atoms with Gasteiger partial charge in [-0.1, -0.05) is 23.4 Å². The van der Waals surface area contributed by atoms with Crippen LogP contribution in [0.1, 0.15) is 23.9 Å². The maximum Gasteiger partial charge on any atom is 0.261 e. The van der Waals surface area contributed by atoms with Crippen molar-refractivity contribution in [1.82, 2.24) is 15.5 Å². The summed E-state index contributed by atoms with van der Waals surface area (Å²) in [5.41, 5.74) is 2.07. The molecule has 1 amide bonds. The molecule has 25 heavy (non-hydrogen) atoms. The minimum atomic E-state index is -0.625. The van der Waals surface area contributed by atoms with Gasteiger partial charge >= 0.3 is 0 Å². The van der Waals surface area contributed by atoms with Gasteiger partial charge in [-0.25, -0.2) is 0 Å². The summed E-state index contributed by atoms with van der Waals surface area (Å²) >= 11 is 1.53. The third-order valence-electron chi connectivity index (χ3n) is 3.64. The Balaban J connectivity index is 1.56. The van der Waals surface area contributed by atoms with Crippen LogP contribution in [-0.2, 0) is 11.3 Å². The van der Waals surface area contributed by atoms with Crippen molar-refractivity contribution in [3.8, 4) is 16.5 Å². The van der Waals surface area contributed by atoms with Gasteiger partial charge in [0.1, 0.15) is 5.75 Å². The van der Waals surface area contributed by atoms with Crippen molar-refractivity contribution >= 4 is 17.2 Å². The predicted molar refractivity (Wildman–Crippen MR) is 95.5 cm³/mol. The lowest BCUT2D eigenvalue weighted by Crippen LogP contribution is -2.36. The largest absolute Gasteiger partial charge is 0.481 e. The first-order chi connectivity index (χ1) is 12.0. The minimum Gasteiger partial charge on any atom is -0.481 e. The fourth-order valence-electron chi connectivity index (χ4n) is 2.22. The Kier molecular flexibility index (Phi) is 5.14. The van der Waals surface area contributed by atoms with E-state index in [1.54, 1.807) is 6.92 Å². The molecule has 0 aliphatic heterocycles. The number of aromatic nitrogens is 2. The number of aryl methyl sites for hydroxylation is 2. The third-order valence-corrected chi connectivity index (χ3v) is 4.51. The molecular formula is C18H19N3O3S. The van der Waals surface area contributed by atoms with Crippen molar-refractivity contribution < 1.29 is 14.1 Å². The zero-order chi connectivity index (χ0) is 17.8. The van der Waals surface area contributed by atoms with Crippen LogP contribution in [0.25, 0.3) is 10.7 Å². The molecule has 1 N–H and O–H groups in total. The van der Waals surface area contributed by atoms with Crippen LogP contribution in [0.4, 0.5) is 0 Å². The van der Waals surface area contributed by atoms with Crippen LogP contribution in [0.2, 0.25) is 0 Å². The monoisotopic (exact) mass is 357 g/mol. The Morgan fingerprint density at radius 1 is 1.36 bits per heavy atom. The average molecular weight is 357 g/mol. The second kappa shape index (κ2) is 7.48. The van der Waals surface area contributed by atoms with E-state index < -0.39 is 6.10 Å². The number of amides is 1. The summed E-state index contributed by atoms with van der Waals surface area (Å²) in [7, 11) is 0. The van der Waals surface area contributed by atoms with E-state index in [0.717, 1.165) is 16.0 Å². The number of rotatable bonds is 6. The molecule has 6 nitrogen and oxygen atoms in total. The highest BCUT2D eigenvalue weighted by Gasteiger charge is 2.17. The average Bonchev–Trinajstić information content (AvgIpc) is 3.26. The molecule has 1 aromatic carbocycles. The molecule has 2 heterocycles. The van der Waals surface area contributed by atoms with Gasteiger partial charge in [0.2, 0.25) is 11.7 Å². The van der Waals surface area contributed by atoms with Crippen LogP contribution in [-0.4, -0.2) is 22.2 Å². The third kappa shape index (κ3) is 4.24. The SMILES string of the molecule is Cc1ccc(C)c(O[C@@H](C)C(=O)NCc2nc(-c3cccs3)no2)c1. The van der Waals surface area contributed by atoms with Crippen molar-refractivity contribution in [2.24, 2.45) is 0 Å². The Labute approximate surface area is 149 Å². The number of thiophene rings is 1. The molecule has 0 saturated heterocycles. The Bertz CT molecular complexity index is 858. The summed E-state index contributed by atoms with van der Waals surface area (Å²) in [6, 6.07) is 9.74. The molecular weight excluding hydrogens is 338 g/mol. The van der Waals surface area contributed by atoms with Gasteiger partial charge in [0.25, 0.3) is 5.91 Å². The Morgan fingerprint density at radius 2 is 2.20 bits per heavy atom. The van der Waals surface area contributed by atoms with E-state index in [2.05, 4.69) is 15.5 Å². The second-order valence-electron chi connectivity index (χ2n) is 5.74. The summed E-state index contributed by atoms with van der Waals surface area (Å²) in [6.45, 7) is 5.81. The second-order valence-corrected chi connectivity index (χ2v) is 6.68. The molecule has 0 saturated carbocycles. The lowest BCUT2D eigenvalue weighted by Gasteiger charge is -2.16. The number of ether oxygens (including phenoxy) is 1. The van der Waals surface area contributed by atoms with E-state index in [-0.39, 0.29) is 12.5 Å². The highest BCUT2D eigenvalue weighted by Crippen LogP contribution is 2.22. The van der Waals surface area contributed by atoms with Gasteiger partial charge in [0.15, 0.2) is 6.10 Å². The van der Waals surface area contributed by atoms with E-state index >= 15 is 0 Å². The molecule has 7 heteroatoms. The smallest absolute Gasteiger partial charge is 0.261 e. The van der Waals surface area contributed by atoms with Crippen LogP contribution in [0, 0.1) is 13.8 Å². The van der Waals surface area contributed by atoms with Crippen molar-refractivity contribution in [2.45, 2.75) is 33.4 Å². The number of nitrogens with one attached hydrogen (secondary N) is 1. The molecule has 1 atom stereocenters. The molecule has 0 radical (unpaired) electrons. The zero-order valence-corrected chi connectivity index (χ0v) is 15.1. The van der Waals surface area contributed by atoms with Crippen LogP contribution in [0.15, 0.2) is 40.2 Å². The zero-order valence-electron chi connectivity index (χ0n) is 14.3. The maximum absolute atomic E-state index is 12.2. The minimum absolute atomic E-state index is 0.164. The molecule has 0 aliphatic carbocycles. The van der Waals surface area contributed by atoms with Gasteiger partial charge in [-0.2, -0.15) is 4.98 Å². The van der Waals surface area contributed by atoms with Crippen molar-refractivity contribution in [3.05, 3.63) is 52.7 Å². The van der Waals surface area contributed by atoms with Gasteiger partial charge in [0, 0.05) is 0 Å². The number of nitrogens with zero attached hydrogens (tertiary/aromatic N) is 2. The quantitative estimate of drug-likeness (QED) is 0.730. The molecule has 3 rings (SSSR count). The maximum atomic E-state index is 12.2. The van der Waals surface area contributed by atoms with E-state index in [4.69, 9.17) is 9.26 Å². The summed E-state index contributed by atoms with van der Waals surface area (Å²) in [6.07, 6.45) is -0.625. The van der Waals surface area contributed by atoms with Crippen molar-refractivity contribution in [3.63, 3.8) is 0 Å². The van der Waals surface area contributed by atoms with Gasteiger partial charge in [-0.05, 0) is 49.4 Å². The van der Waals surface area contributed by atoms with Crippen LogP contribution in [0.3, 0.4) is 0 Å². The molecule has 130 valence electrons. The van der Waals surface area contributed by atoms with Gasteiger partial charge in [-0.15, -0.1) is 11.3 Å². The predicted octanol–water partition coefficient (Wildman–Crippen LogP) is 3.50. The van der Waals surface area contributed by atoms with E-state index in [1.165, 1.54) is 11.3 Å². The standard InChI is InChI=1S/C18H19N3O3S/c1-11-6-7-12(2)14(9-11)23-13(3)18(22)19-10-16-20-17(21-24-16)15-5-4-8-25-15/h4-9,13H,10H2,1-3H3,(H,19,22)/t13-/m0/s1. The van der Waals surface area contributed by atoms with Crippen molar-refractivity contribution in [2.75, 3.05) is 0 Å². The summed E-state index contributed by atoms with van der Waals surface area (Å²) in [5.74, 6) is 1.35. The van der Waals surface area contributed by atoms with E-state index in [1.807, 2.05) is 49.6 Å². The van der Waals surface area contributed by atoms with E-state index in [9.17, 15) is 4.79 Å². The normalized spacial score (nSPS) is 12.0. The topological polar surface area (TPSA) is 77.2 Å².